The normalized spacial score (nSPS) is 15.4. The predicted octanol–water partition coefficient (Wildman–Crippen LogP) is 2.23. The van der Waals surface area contributed by atoms with Gasteiger partial charge in [0, 0.05) is 19.2 Å². The number of hydrogen-bond acceptors (Lipinski definition) is 3. The lowest BCUT2D eigenvalue weighted by molar-refractivity contribution is -0.111. The molecule has 0 unspecified atom stereocenters. The van der Waals surface area contributed by atoms with Crippen LogP contribution in [0.4, 0.5) is 5.69 Å². The van der Waals surface area contributed by atoms with Gasteiger partial charge in [0.2, 0.25) is 5.91 Å². The zero-order valence-electron chi connectivity index (χ0n) is 12.6. The van der Waals surface area contributed by atoms with Gasteiger partial charge in [0.1, 0.15) is 0 Å². The van der Waals surface area contributed by atoms with Crippen molar-refractivity contribution in [3.63, 3.8) is 0 Å². The molecule has 0 aromatic heterocycles. The maximum Gasteiger partial charge on any atom is 0.256 e. The summed E-state index contributed by atoms with van der Waals surface area (Å²) < 4.78 is 5.26. The standard InChI is InChI=1S/C17H20N2O3/c1-2-3-4-9-16(20)18-15-8-6-5-7-14(15)17(21)19-10-12-22-13-11-19/h2-9H,10-13H2,1H3,(H,18,20)/b3-2+,9-4+. The van der Waals surface area contributed by atoms with E-state index in [1.165, 1.54) is 6.08 Å². The Kier molecular flexibility index (Phi) is 5.91. The summed E-state index contributed by atoms with van der Waals surface area (Å²) in [7, 11) is 0. The van der Waals surface area contributed by atoms with E-state index in [-0.39, 0.29) is 11.8 Å². The molecule has 1 aromatic carbocycles. The molecule has 2 rings (SSSR count). The summed E-state index contributed by atoms with van der Waals surface area (Å²) in [5.41, 5.74) is 1.02. The van der Waals surface area contributed by atoms with Crippen LogP contribution >= 0.6 is 0 Å². The van der Waals surface area contributed by atoms with Gasteiger partial charge >= 0.3 is 0 Å². The first kappa shape index (κ1) is 16.0. The SMILES string of the molecule is C/C=C/C=C/C(=O)Nc1ccccc1C(=O)N1CCOCC1. The number of morpholine rings is 1. The third-order valence-electron chi connectivity index (χ3n) is 3.26. The van der Waals surface area contributed by atoms with Crippen molar-refractivity contribution in [2.75, 3.05) is 31.6 Å². The maximum atomic E-state index is 12.6. The van der Waals surface area contributed by atoms with Gasteiger partial charge in [-0.2, -0.15) is 0 Å². The summed E-state index contributed by atoms with van der Waals surface area (Å²) in [6, 6.07) is 7.04. The number of amides is 2. The van der Waals surface area contributed by atoms with E-state index in [1.54, 1.807) is 41.3 Å². The molecule has 1 saturated heterocycles. The molecule has 1 aliphatic rings. The van der Waals surface area contributed by atoms with Crippen LogP contribution in [0.2, 0.25) is 0 Å². The fraction of sp³-hybridized carbons (Fsp3) is 0.294. The molecule has 0 saturated carbocycles. The Bertz CT molecular complexity index is 587. The Balaban J connectivity index is 2.12. The quantitative estimate of drug-likeness (QED) is 0.685. The van der Waals surface area contributed by atoms with Crippen molar-refractivity contribution in [2.45, 2.75) is 6.92 Å². The second-order valence-corrected chi connectivity index (χ2v) is 4.82. The zero-order chi connectivity index (χ0) is 15.8. The number of ether oxygens (including phenoxy) is 1. The molecular formula is C17H20N2O3. The van der Waals surface area contributed by atoms with Crippen LogP contribution in [0.1, 0.15) is 17.3 Å². The van der Waals surface area contributed by atoms with Gasteiger partial charge in [-0.25, -0.2) is 0 Å². The molecule has 1 fully saturated rings. The van der Waals surface area contributed by atoms with Gasteiger partial charge in [0.15, 0.2) is 0 Å². The number of nitrogens with one attached hydrogen (secondary N) is 1. The van der Waals surface area contributed by atoms with Crippen molar-refractivity contribution < 1.29 is 14.3 Å². The first-order chi connectivity index (χ1) is 10.7. The van der Waals surface area contributed by atoms with Gasteiger partial charge < -0.3 is 15.0 Å². The Labute approximate surface area is 130 Å². The highest BCUT2D eigenvalue weighted by Gasteiger charge is 2.21. The summed E-state index contributed by atoms with van der Waals surface area (Å²) in [6.45, 7) is 4.11. The van der Waals surface area contributed by atoms with Crippen molar-refractivity contribution in [1.29, 1.82) is 0 Å². The van der Waals surface area contributed by atoms with Crippen molar-refractivity contribution in [2.24, 2.45) is 0 Å². The Morgan fingerprint density at radius 2 is 1.91 bits per heavy atom. The number of rotatable bonds is 4. The highest BCUT2D eigenvalue weighted by molar-refractivity contribution is 6.06. The van der Waals surface area contributed by atoms with E-state index < -0.39 is 0 Å². The molecule has 1 aliphatic heterocycles. The number of allylic oxidation sites excluding steroid dienone is 3. The van der Waals surface area contributed by atoms with E-state index in [0.717, 1.165) is 0 Å². The fourth-order valence-electron chi connectivity index (χ4n) is 2.14. The second-order valence-electron chi connectivity index (χ2n) is 4.82. The number of benzene rings is 1. The fourth-order valence-corrected chi connectivity index (χ4v) is 2.14. The van der Waals surface area contributed by atoms with Crippen molar-refractivity contribution in [3.8, 4) is 0 Å². The highest BCUT2D eigenvalue weighted by atomic mass is 16.5. The van der Waals surface area contributed by atoms with Crippen LogP contribution in [0.3, 0.4) is 0 Å². The molecule has 0 spiro atoms. The lowest BCUT2D eigenvalue weighted by Gasteiger charge is -2.27. The van der Waals surface area contributed by atoms with Crippen LogP contribution in [0.15, 0.2) is 48.6 Å². The molecule has 116 valence electrons. The first-order valence-electron chi connectivity index (χ1n) is 7.29. The average Bonchev–Trinajstić information content (AvgIpc) is 2.56. The van der Waals surface area contributed by atoms with E-state index in [4.69, 9.17) is 4.74 Å². The first-order valence-corrected chi connectivity index (χ1v) is 7.29. The van der Waals surface area contributed by atoms with Crippen molar-refractivity contribution in [3.05, 3.63) is 54.1 Å². The predicted molar refractivity (Wildman–Crippen MR) is 85.7 cm³/mol. The summed E-state index contributed by atoms with van der Waals surface area (Å²) in [5.74, 6) is -0.350. The van der Waals surface area contributed by atoms with Crippen molar-refractivity contribution >= 4 is 17.5 Å². The Morgan fingerprint density at radius 3 is 2.64 bits per heavy atom. The van der Waals surface area contributed by atoms with E-state index in [0.29, 0.717) is 37.6 Å². The lowest BCUT2D eigenvalue weighted by Crippen LogP contribution is -2.41. The van der Waals surface area contributed by atoms with Gasteiger partial charge in [0.05, 0.1) is 24.5 Å². The van der Waals surface area contributed by atoms with Gasteiger partial charge in [-0.15, -0.1) is 0 Å². The maximum absolute atomic E-state index is 12.6. The van der Waals surface area contributed by atoms with Crippen LogP contribution < -0.4 is 5.32 Å². The number of anilines is 1. The summed E-state index contributed by atoms with van der Waals surface area (Å²) >= 11 is 0. The lowest BCUT2D eigenvalue weighted by atomic mass is 10.1. The molecule has 0 bridgehead atoms. The van der Waals surface area contributed by atoms with E-state index in [1.807, 2.05) is 13.0 Å². The van der Waals surface area contributed by atoms with Crippen LogP contribution in [-0.2, 0) is 9.53 Å². The molecular weight excluding hydrogens is 280 g/mol. The van der Waals surface area contributed by atoms with E-state index >= 15 is 0 Å². The molecule has 1 heterocycles. The molecule has 22 heavy (non-hydrogen) atoms. The molecule has 0 radical (unpaired) electrons. The Hall–Kier alpha value is -2.40. The molecule has 0 aliphatic carbocycles. The molecule has 1 aromatic rings. The number of carbonyl (C=O) groups is 2. The number of para-hydroxylation sites is 1. The number of carbonyl (C=O) groups excluding carboxylic acids is 2. The smallest absolute Gasteiger partial charge is 0.256 e. The van der Waals surface area contributed by atoms with Crippen LogP contribution in [-0.4, -0.2) is 43.0 Å². The molecule has 1 N–H and O–H groups in total. The topological polar surface area (TPSA) is 58.6 Å². The monoisotopic (exact) mass is 300 g/mol. The summed E-state index contributed by atoms with van der Waals surface area (Å²) in [4.78, 5) is 26.2. The van der Waals surface area contributed by atoms with Gasteiger partial charge in [0.25, 0.3) is 5.91 Å². The minimum absolute atomic E-state index is 0.0865. The summed E-state index contributed by atoms with van der Waals surface area (Å²) in [6.07, 6.45) is 6.68. The minimum atomic E-state index is -0.264. The van der Waals surface area contributed by atoms with E-state index in [2.05, 4.69) is 5.32 Å². The van der Waals surface area contributed by atoms with Gasteiger partial charge in [-0.3, -0.25) is 9.59 Å². The highest BCUT2D eigenvalue weighted by Crippen LogP contribution is 2.18. The number of nitrogens with zero attached hydrogens (tertiary/aromatic N) is 1. The average molecular weight is 300 g/mol. The Morgan fingerprint density at radius 1 is 1.18 bits per heavy atom. The molecule has 0 atom stereocenters. The summed E-state index contributed by atoms with van der Waals surface area (Å²) in [5, 5.41) is 2.75. The van der Waals surface area contributed by atoms with Crippen LogP contribution in [0.25, 0.3) is 0 Å². The van der Waals surface area contributed by atoms with E-state index in [9.17, 15) is 9.59 Å². The molecule has 5 nitrogen and oxygen atoms in total. The van der Waals surface area contributed by atoms with Gasteiger partial charge in [-0.05, 0) is 19.1 Å². The zero-order valence-corrected chi connectivity index (χ0v) is 12.6. The third-order valence-corrected chi connectivity index (χ3v) is 3.26. The molecule has 2 amide bonds. The van der Waals surface area contributed by atoms with Gasteiger partial charge in [-0.1, -0.05) is 30.4 Å². The van der Waals surface area contributed by atoms with Crippen LogP contribution in [0, 0.1) is 0 Å². The largest absolute Gasteiger partial charge is 0.378 e. The van der Waals surface area contributed by atoms with Crippen LogP contribution in [0.5, 0.6) is 0 Å². The minimum Gasteiger partial charge on any atom is -0.378 e. The molecule has 5 heteroatoms. The second kappa shape index (κ2) is 8.14. The van der Waals surface area contributed by atoms with Crippen molar-refractivity contribution in [1.82, 2.24) is 4.90 Å². The number of hydrogen-bond donors (Lipinski definition) is 1. The third kappa shape index (κ3) is 4.30.